The number of aryl methyl sites for hydroxylation is 3. The number of fused-ring (bicyclic) bond motifs is 1. The maximum Gasteiger partial charge on any atom is 0.194 e. The van der Waals surface area contributed by atoms with Crippen molar-refractivity contribution in [2.75, 3.05) is 13.1 Å². The summed E-state index contributed by atoms with van der Waals surface area (Å²) in [6.07, 6.45) is 10.2. The lowest BCUT2D eigenvalue weighted by Gasteiger charge is -2.08. The topological polar surface area (TPSA) is 38.1 Å². The molecule has 0 aromatic carbocycles. The first-order valence-corrected chi connectivity index (χ1v) is 8.96. The van der Waals surface area contributed by atoms with Gasteiger partial charge >= 0.3 is 0 Å². The predicted molar refractivity (Wildman–Crippen MR) is 87.9 cm³/mol. The minimum Gasteiger partial charge on any atom is -0.440 e. The van der Waals surface area contributed by atoms with Crippen LogP contribution < -0.4 is 5.32 Å². The summed E-state index contributed by atoms with van der Waals surface area (Å²) >= 11 is 1.89. The fourth-order valence-corrected chi connectivity index (χ4v) is 4.02. The molecule has 1 aliphatic rings. The van der Waals surface area contributed by atoms with Gasteiger partial charge in [0.2, 0.25) is 0 Å². The summed E-state index contributed by atoms with van der Waals surface area (Å²) in [6.45, 7) is 4.32. The van der Waals surface area contributed by atoms with Crippen LogP contribution >= 0.6 is 11.3 Å². The normalized spacial score (nSPS) is 14.3. The molecule has 114 valence electrons. The first-order valence-electron chi connectivity index (χ1n) is 8.14. The molecule has 0 atom stereocenters. The first kappa shape index (κ1) is 14.8. The lowest BCUT2D eigenvalue weighted by atomic mass is 9.99. The molecule has 2 aromatic heterocycles. The minimum atomic E-state index is 0.870. The number of nitrogens with one attached hydrogen (secondary N) is 1. The van der Waals surface area contributed by atoms with E-state index in [9.17, 15) is 0 Å². The second kappa shape index (κ2) is 7.23. The average Bonchev–Trinajstić information content (AvgIpc) is 3.13. The molecule has 2 aromatic rings. The fourth-order valence-electron chi connectivity index (χ4n) is 2.82. The van der Waals surface area contributed by atoms with Gasteiger partial charge < -0.3 is 9.73 Å². The van der Waals surface area contributed by atoms with E-state index >= 15 is 0 Å². The van der Waals surface area contributed by atoms with Crippen molar-refractivity contribution in [2.45, 2.75) is 51.9 Å². The van der Waals surface area contributed by atoms with Crippen molar-refractivity contribution < 1.29 is 4.42 Å². The Labute approximate surface area is 130 Å². The summed E-state index contributed by atoms with van der Waals surface area (Å²) in [5, 5.41) is 3.41. The summed E-state index contributed by atoms with van der Waals surface area (Å²) in [5.74, 6) is 1.82. The maximum absolute atomic E-state index is 5.93. The Morgan fingerprint density at radius 1 is 1.29 bits per heavy atom. The highest BCUT2D eigenvalue weighted by molar-refractivity contribution is 7.15. The molecule has 3 nitrogen and oxygen atoms in total. The molecule has 3 rings (SSSR count). The molecule has 2 heterocycles. The third kappa shape index (κ3) is 3.74. The maximum atomic E-state index is 5.93. The molecule has 0 unspecified atom stereocenters. The van der Waals surface area contributed by atoms with E-state index in [4.69, 9.17) is 4.42 Å². The van der Waals surface area contributed by atoms with Crippen LogP contribution in [0.1, 0.15) is 48.9 Å². The number of aromatic nitrogens is 1. The monoisotopic (exact) mass is 304 g/mol. The largest absolute Gasteiger partial charge is 0.440 e. The van der Waals surface area contributed by atoms with Crippen molar-refractivity contribution in [2.24, 2.45) is 0 Å². The zero-order chi connectivity index (χ0) is 14.5. The highest BCUT2D eigenvalue weighted by Gasteiger charge is 2.16. The Kier molecular flexibility index (Phi) is 5.09. The summed E-state index contributed by atoms with van der Waals surface area (Å²) in [6, 6.07) is 2.31. The molecule has 1 aliphatic carbocycles. The van der Waals surface area contributed by atoms with Gasteiger partial charge in [-0.3, -0.25) is 0 Å². The molecule has 0 fully saturated rings. The van der Waals surface area contributed by atoms with Crippen LogP contribution in [0.5, 0.6) is 0 Å². The standard InChI is InChI=1S/C17H24N2OS/c1-2-9-18-10-5-8-17-19-12-14(20-17)16-11-13-6-3-4-7-15(13)21-16/h11-12,18H,2-10H2,1H3. The van der Waals surface area contributed by atoms with Crippen LogP contribution in [0.2, 0.25) is 0 Å². The van der Waals surface area contributed by atoms with Gasteiger partial charge in [-0.25, -0.2) is 4.98 Å². The Morgan fingerprint density at radius 3 is 3.05 bits per heavy atom. The molecule has 0 radical (unpaired) electrons. The number of nitrogens with zero attached hydrogens (tertiary/aromatic N) is 1. The third-order valence-corrected chi connectivity index (χ3v) is 5.22. The summed E-state index contributed by atoms with van der Waals surface area (Å²) < 4.78 is 5.93. The van der Waals surface area contributed by atoms with E-state index < -0.39 is 0 Å². The summed E-state index contributed by atoms with van der Waals surface area (Å²) in [4.78, 5) is 7.24. The molecule has 4 heteroatoms. The van der Waals surface area contributed by atoms with Crippen LogP contribution in [0.15, 0.2) is 16.7 Å². The number of thiophene rings is 1. The first-order chi connectivity index (χ1) is 10.4. The van der Waals surface area contributed by atoms with Crippen LogP contribution in [-0.2, 0) is 19.3 Å². The van der Waals surface area contributed by atoms with Gasteiger partial charge in [-0.05, 0) is 63.2 Å². The quantitative estimate of drug-likeness (QED) is 0.779. The van der Waals surface area contributed by atoms with Gasteiger partial charge in [0, 0.05) is 11.3 Å². The molecular formula is C17H24N2OS. The number of hydrogen-bond acceptors (Lipinski definition) is 4. The molecule has 0 bridgehead atoms. The second-order valence-corrected chi connectivity index (χ2v) is 6.87. The highest BCUT2D eigenvalue weighted by atomic mass is 32.1. The van der Waals surface area contributed by atoms with E-state index in [-0.39, 0.29) is 0 Å². The molecule has 0 aliphatic heterocycles. The van der Waals surface area contributed by atoms with Gasteiger partial charge in [0.05, 0.1) is 11.1 Å². The molecule has 0 saturated carbocycles. The molecule has 21 heavy (non-hydrogen) atoms. The Balaban J connectivity index is 1.58. The van der Waals surface area contributed by atoms with E-state index in [1.807, 2.05) is 17.5 Å². The van der Waals surface area contributed by atoms with Crippen molar-refractivity contribution in [1.29, 1.82) is 0 Å². The van der Waals surface area contributed by atoms with Crippen molar-refractivity contribution >= 4 is 11.3 Å². The predicted octanol–water partition coefficient (Wildman–Crippen LogP) is 4.21. The average molecular weight is 304 g/mol. The Bertz CT molecular complexity index is 550. The number of rotatable bonds is 7. The Hall–Kier alpha value is -1.13. The van der Waals surface area contributed by atoms with E-state index in [0.717, 1.165) is 37.6 Å². The van der Waals surface area contributed by atoms with Crippen LogP contribution in [-0.4, -0.2) is 18.1 Å². The van der Waals surface area contributed by atoms with Gasteiger partial charge in [-0.15, -0.1) is 11.3 Å². The summed E-state index contributed by atoms with van der Waals surface area (Å²) in [7, 11) is 0. The van der Waals surface area contributed by atoms with Crippen LogP contribution in [0.4, 0.5) is 0 Å². The van der Waals surface area contributed by atoms with Crippen molar-refractivity contribution in [3.8, 4) is 10.6 Å². The lowest BCUT2D eigenvalue weighted by Crippen LogP contribution is -2.16. The van der Waals surface area contributed by atoms with Crippen LogP contribution in [0.25, 0.3) is 10.6 Å². The van der Waals surface area contributed by atoms with Crippen molar-refractivity contribution in [1.82, 2.24) is 10.3 Å². The Morgan fingerprint density at radius 2 is 2.19 bits per heavy atom. The van der Waals surface area contributed by atoms with Gasteiger partial charge in [0.1, 0.15) is 0 Å². The van der Waals surface area contributed by atoms with Crippen molar-refractivity contribution in [3.63, 3.8) is 0 Å². The fraction of sp³-hybridized carbons (Fsp3) is 0.588. The van der Waals surface area contributed by atoms with E-state index in [0.29, 0.717) is 0 Å². The third-order valence-electron chi connectivity index (χ3n) is 3.96. The zero-order valence-corrected chi connectivity index (χ0v) is 13.6. The number of oxazole rings is 1. The van der Waals surface area contributed by atoms with E-state index in [1.165, 1.54) is 42.5 Å². The lowest BCUT2D eigenvalue weighted by molar-refractivity contribution is 0.492. The van der Waals surface area contributed by atoms with Gasteiger partial charge in [0.15, 0.2) is 11.7 Å². The molecular weight excluding hydrogens is 280 g/mol. The molecule has 0 amide bonds. The van der Waals surface area contributed by atoms with Crippen molar-refractivity contribution in [3.05, 3.63) is 28.6 Å². The van der Waals surface area contributed by atoms with Crippen LogP contribution in [0.3, 0.4) is 0 Å². The minimum absolute atomic E-state index is 0.870. The summed E-state index contributed by atoms with van der Waals surface area (Å²) in [5.41, 5.74) is 1.53. The highest BCUT2D eigenvalue weighted by Crippen LogP contribution is 2.35. The van der Waals surface area contributed by atoms with E-state index in [2.05, 4.69) is 23.3 Å². The van der Waals surface area contributed by atoms with Gasteiger partial charge in [-0.2, -0.15) is 0 Å². The number of hydrogen-bond donors (Lipinski definition) is 1. The molecule has 0 spiro atoms. The van der Waals surface area contributed by atoms with E-state index in [1.54, 1.807) is 4.88 Å². The molecule has 1 N–H and O–H groups in total. The van der Waals surface area contributed by atoms with Crippen LogP contribution in [0, 0.1) is 0 Å². The van der Waals surface area contributed by atoms with Gasteiger partial charge in [-0.1, -0.05) is 6.92 Å². The van der Waals surface area contributed by atoms with Gasteiger partial charge in [0.25, 0.3) is 0 Å². The zero-order valence-electron chi connectivity index (χ0n) is 12.8. The molecule has 0 saturated heterocycles. The smallest absolute Gasteiger partial charge is 0.194 e. The second-order valence-electron chi connectivity index (χ2n) is 5.74. The SMILES string of the molecule is CCCNCCCc1ncc(-c2cc3c(s2)CCCC3)o1.